The molecule has 0 heterocycles. The molecule has 1 aromatic rings. The summed E-state index contributed by atoms with van der Waals surface area (Å²) < 4.78 is 25.4. The van der Waals surface area contributed by atoms with Crippen LogP contribution in [0, 0.1) is 11.6 Å². The van der Waals surface area contributed by atoms with Crippen LogP contribution in [0.25, 0.3) is 0 Å². The molecule has 3 N–H and O–H groups in total. The molecule has 0 aliphatic heterocycles. The van der Waals surface area contributed by atoms with Gasteiger partial charge in [-0.05, 0) is 19.1 Å². The molecule has 90 valence electrons. The molecule has 0 aliphatic rings. The van der Waals surface area contributed by atoms with E-state index in [0.717, 1.165) is 18.2 Å². The predicted octanol–water partition coefficient (Wildman–Crippen LogP) is 2.06. The maximum absolute atomic E-state index is 12.7. The highest BCUT2D eigenvalue weighted by atomic mass is 35.5. The number of benzene rings is 1. The van der Waals surface area contributed by atoms with Gasteiger partial charge in [-0.3, -0.25) is 4.79 Å². The van der Waals surface area contributed by atoms with E-state index < -0.39 is 11.6 Å². The number of hydrogen-bond acceptors (Lipinski definition) is 2. The smallest absolute Gasteiger partial charge is 0.225 e. The molecule has 1 aromatic carbocycles. The zero-order valence-electron chi connectivity index (χ0n) is 8.67. The third-order valence-corrected chi connectivity index (χ3v) is 1.65. The zero-order valence-corrected chi connectivity index (χ0v) is 9.48. The van der Waals surface area contributed by atoms with Crippen molar-refractivity contribution in [1.82, 2.24) is 0 Å². The minimum Gasteiger partial charge on any atom is -0.327 e. The third-order valence-electron chi connectivity index (χ3n) is 1.65. The molecule has 6 heteroatoms. The molecule has 1 rings (SSSR count). The van der Waals surface area contributed by atoms with Gasteiger partial charge in [0, 0.05) is 24.2 Å². The standard InChI is InChI=1S/C10H12F2N2O.ClH/c1-6(13)2-10(15)14-9-4-7(11)3-8(12)5-9;/h3-6H,2,13H2,1H3,(H,14,15);1H. The second-order valence-corrected chi connectivity index (χ2v) is 3.39. The number of halogens is 3. The van der Waals surface area contributed by atoms with Crippen LogP contribution in [-0.2, 0) is 4.79 Å². The Morgan fingerprint density at radius 1 is 1.38 bits per heavy atom. The average molecular weight is 251 g/mol. The SMILES string of the molecule is CC(N)CC(=O)Nc1cc(F)cc(F)c1.Cl. The van der Waals surface area contributed by atoms with Crippen LogP contribution in [0.5, 0.6) is 0 Å². The zero-order chi connectivity index (χ0) is 11.4. The Kier molecular flexibility index (Phi) is 5.92. The van der Waals surface area contributed by atoms with E-state index in [9.17, 15) is 13.6 Å². The Morgan fingerprint density at radius 2 is 1.88 bits per heavy atom. The van der Waals surface area contributed by atoms with E-state index in [1.54, 1.807) is 6.92 Å². The van der Waals surface area contributed by atoms with Gasteiger partial charge in [-0.15, -0.1) is 12.4 Å². The number of amides is 1. The monoisotopic (exact) mass is 250 g/mol. The number of carbonyl (C=O) groups is 1. The van der Waals surface area contributed by atoms with Crippen LogP contribution >= 0.6 is 12.4 Å². The Balaban J connectivity index is 0.00000225. The van der Waals surface area contributed by atoms with Crippen molar-refractivity contribution in [2.45, 2.75) is 19.4 Å². The maximum atomic E-state index is 12.7. The first-order chi connectivity index (χ1) is 6.97. The van der Waals surface area contributed by atoms with E-state index in [4.69, 9.17) is 5.73 Å². The normalized spacial score (nSPS) is 11.5. The second kappa shape index (κ2) is 6.40. The number of anilines is 1. The lowest BCUT2D eigenvalue weighted by Gasteiger charge is -2.07. The van der Waals surface area contributed by atoms with Gasteiger partial charge in [0.05, 0.1) is 0 Å². The molecule has 1 amide bonds. The van der Waals surface area contributed by atoms with Crippen molar-refractivity contribution in [2.75, 3.05) is 5.32 Å². The number of hydrogen-bond donors (Lipinski definition) is 2. The number of nitrogens with two attached hydrogens (primary N) is 1. The Bertz CT molecular complexity index is 352. The minimum absolute atomic E-state index is 0. The van der Waals surface area contributed by atoms with Gasteiger partial charge < -0.3 is 11.1 Å². The molecule has 3 nitrogen and oxygen atoms in total. The molecule has 0 aliphatic carbocycles. The third kappa shape index (κ3) is 5.04. The van der Waals surface area contributed by atoms with Crippen LogP contribution < -0.4 is 11.1 Å². The van der Waals surface area contributed by atoms with E-state index in [2.05, 4.69) is 5.32 Å². The van der Waals surface area contributed by atoms with Crippen molar-refractivity contribution in [1.29, 1.82) is 0 Å². The van der Waals surface area contributed by atoms with Crippen molar-refractivity contribution in [3.05, 3.63) is 29.8 Å². The Hall–Kier alpha value is -1.20. The number of rotatable bonds is 3. The van der Waals surface area contributed by atoms with Crippen molar-refractivity contribution in [3.63, 3.8) is 0 Å². The van der Waals surface area contributed by atoms with Crippen LogP contribution in [-0.4, -0.2) is 11.9 Å². The van der Waals surface area contributed by atoms with Gasteiger partial charge in [-0.2, -0.15) is 0 Å². The summed E-state index contributed by atoms with van der Waals surface area (Å²) >= 11 is 0. The van der Waals surface area contributed by atoms with Gasteiger partial charge in [-0.25, -0.2) is 8.78 Å². The first kappa shape index (κ1) is 14.8. The summed E-state index contributed by atoms with van der Waals surface area (Å²) in [4.78, 5) is 11.2. The topological polar surface area (TPSA) is 55.1 Å². The van der Waals surface area contributed by atoms with Gasteiger partial charge in [0.2, 0.25) is 5.91 Å². The van der Waals surface area contributed by atoms with Crippen LogP contribution in [0.1, 0.15) is 13.3 Å². The van der Waals surface area contributed by atoms with Crippen molar-refractivity contribution in [3.8, 4) is 0 Å². The first-order valence-electron chi connectivity index (χ1n) is 4.49. The van der Waals surface area contributed by atoms with Crippen molar-refractivity contribution >= 4 is 24.0 Å². The summed E-state index contributed by atoms with van der Waals surface area (Å²) in [7, 11) is 0. The fraction of sp³-hybridized carbons (Fsp3) is 0.300. The predicted molar refractivity (Wildman–Crippen MR) is 60.5 cm³/mol. The Labute approximate surface area is 98.4 Å². The van der Waals surface area contributed by atoms with Gasteiger partial charge in [0.15, 0.2) is 0 Å². The van der Waals surface area contributed by atoms with Crippen molar-refractivity contribution < 1.29 is 13.6 Å². The fourth-order valence-corrected chi connectivity index (χ4v) is 1.13. The van der Waals surface area contributed by atoms with E-state index in [0.29, 0.717) is 0 Å². The molecule has 0 aromatic heterocycles. The number of carbonyl (C=O) groups excluding carboxylic acids is 1. The molecule has 0 spiro atoms. The summed E-state index contributed by atoms with van der Waals surface area (Å²) in [5.41, 5.74) is 5.49. The van der Waals surface area contributed by atoms with E-state index in [1.807, 2.05) is 0 Å². The summed E-state index contributed by atoms with van der Waals surface area (Å²) in [6.45, 7) is 1.67. The van der Waals surface area contributed by atoms with E-state index in [-0.39, 0.29) is 36.5 Å². The second-order valence-electron chi connectivity index (χ2n) is 3.39. The summed E-state index contributed by atoms with van der Waals surface area (Å²) in [5.74, 6) is -1.83. The minimum atomic E-state index is -0.730. The lowest BCUT2D eigenvalue weighted by atomic mass is 10.2. The molecule has 0 saturated heterocycles. The maximum Gasteiger partial charge on any atom is 0.225 e. The summed E-state index contributed by atoms with van der Waals surface area (Å²) in [6.07, 6.45) is 0.109. The fourth-order valence-electron chi connectivity index (χ4n) is 1.13. The van der Waals surface area contributed by atoms with Gasteiger partial charge in [-0.1, -0.05) is 0 Å². The average Bonchev–Trinajstić information content (AvgIpc) is 1.98. The van der Waals surface area contributed by atoms with Crippen molar-refractivity contribution in [2.24, 2.45) is 5.73 Å². The molecule has 0 saturated carbocycles. The summed E-state index contributed by atoms with van der Waals surface area (Å²) in [5, 5.41) is 2.36. The summed E-state index contributed by atoms with van der Waals surface area (Å²) in [6, 6.07) is 2.54. The molecule has 16 heavy (non-hydrogen) atoms. The molecule has 0 fully saturated rings. The van der Waals surface area contributed by atoms with E-state index in [1.165, 1.54) is 0 Å². The number of nitrogens with one attached hydrogen (secondary N) is 1. The van der Waals surface area contributed by atoms with Crippen LogP contribution in [0.15, 0.2) is 18.2 Å². The largest absolute Gasteiger partial charge is 0.327 e. The van der Waals surface area contributed by atoms with Crippen LogP contribution in [0.3, 0.4) is 0 Å². The van der Waals surface area contributed by atoms with Crippen LogP contribution in [0.2, 0.25) is 0 Å². The highest BCUT2D eigenvalue weighted by Crippen LogP contribution is 2.13. The van der Waals surface area contributed by atoms with Crippen LogP contribution in [0.4, 0.5) is 14.5 Å². The highest BCUT2D eigenvalue weighted by Gasteiger charge is 2.07. The van der Waals surface area contributed by atoms with E-state index >= 15 is 0 Å². The lowest BCUT2D eigenvalue weighted by molar-refractivity contribution is -0.116. The molecular weight excluding hydrogens is 238 g/mol. The molecule has 0 bridgehead atoms. The quantitative estimate of drug-likeness (QED) is 0.863. The molecular formula is C10H13ClF2N2O. The van der Waals surface area contributed by atoms with Gasteiger partial charge >= 0.3 is 0 Å². The molecule has 1 atom stereocenters. The molecule has 0 radical (unpaired) electrons. The lowest BCUT2D eigenvalue weighted by Crippen LogP contribution is -2.24. The Morgan fingerprint density at radius 3 is 2.31 bits per heavy atom. The first-order valence-corrected chi connectivity index (χ1v) is 4.49. The highest BCUT2D eigenvalue weighted by molar-refractivity contribution is 5.91. The molecule has 1 unspecified atom stereocenters. The van der Waals surface area contributed by atoms with Gasteiger partial charge in [0.1, 0.15) is 11.6 Å². The van der Waals surface area contributed by atoms with Gasteiger partial charge in [0.25, 0.3) is 0 Å².